The Hall–Kier alpha value is -0.313. The topological polar surface area (TPSA) is 26.3 Å². The molecule has 0 aromatic rings. The SMILES string of the molecule is CCCCCCC(CCC)C(C)(CCCCCC)C(=O)O[SiH3]. The third kappa shape index (κ3) is 7.80. The first kappa shape index (κ1) is 21.7. The third-order valence-corrected chi connectivity index (χ3v) is 5.52. The molecule has 0 fully saturated rings. The van der Waals surface area contributed by atoms with Crippen LogP contribution in [0.1, 0.15) is 105 Å². The van der Waals surface area contributed by atoms with Crippen molar-refractivity contribution >= 4 is 16.5 Å². The van der Waals surface area contributed by atoms with Crippen molar-refractivity contribution in [2.75, 3.05) is 0 Å². The second-order valence-electron chi connectivity index (χ2n) is 7.05. The summed E-state index contributed by atoms with van der Waals surface area (Å²) in [5.41, 5.74) is -0.252. The Balaban J connectivity index is 4.75. The summed E-state index contributed by atoms with van der Waals surface area (Å²) in [4.78, 5) is 12.5. The fourth-order valence-corrected chi connectivity index (χ4v) is 4.04. The van der Waals surface area contributed by atoms with E-state index in [9.17, 15) is 4.79 Å². The van der Waals surface area contributed by atoms with Crippen LogP contribution in [-0.4, -0.2) is 16.5 Å². The molecule has 0 spiro atoms. The fourth-order valence-electron chi connectivity index (χ4n) is 3.57. The monoisotopic (exact) mass is 328 g/mol. The lowest BCUT2D eigenvalue weighted by Gasteiger charge is -2.36. The number of hydrogen-bond donors (Lipinski definition) is 0. The van der Waals surface area contributed by atoms with E-state index < -0.39 is 0 Å². The maximum atomic E-state index is 12.5. The summed E-state index contributed by atoms with van der Waals surface area (Å²) in [5.74, 6) is 0.571. The van der Waals surface area contributed by atoms with Gasteiger partial charge in [-0.25, -0.2) is 0 Å². The van der Waals surface area contributed by atoms with Crippen LogP contribution in [0, 0.1) is 11.3 Å². The van der Waals surface area contributed by atoms with Crippen molar-refractivity contribution in [2.45, 2.75) is 105 Å². The van der Waals surface area contributed by atoms with Crippen molar-refractivity contribution in [1.29, 1.82) is 0 Å². The predicted molar refractivity (Wildman–Crippen MR) is 100 cm³/mol. The maximum absolute atomic E-state index is 12.5. The van der Waals surface area contributed by atoms with Gasteiger partial charge in [-0.15, -0.1) is 0 Å². The van der Waals surface area contributed by atoms with Gasteiger partial charge in [-0.1, -0.05) is 78.6 Å². The largest absolute Gasteiger partial charge is 0.528 e. The molecule has 0 saturated carbocycles. The molecule has 0 N–H and O–H groups in total. The van der Waals surface area contributed by atoms with Crippen molar-refractivity contribution in [3.05, 3.63) is 0 Å². The van der Waals surface area contributed by atoms with Crippen molar-refractivity contribution in [1.82, 2.24) is 0 Å². The van der Waals surface area contributed by atoms with Gasteiger partial charge in [0.25, 0.3) is 5.97 Å². The van der Waals surface area contributed by atoms with Gasteiger partial charge in [0.05, 0.1) is 5.41 Å². The second-order valence-corrected chi connectivity index (χ2v) is 7.46. The molecule has 132 valence electrons. The molecule has 2 atom stereocenters. The van der Waals surface area contributed by atoms with Gasteiger partial charge >= 0.3 is 0 Å². The lowest BCUT2D eigenvalue weighted by atomic mass is 9.69. The highest BCUT2D eigenvalue weighted by Gasteiger charge is 2.40. The number of carbonyl (C=O) groups excluding carboxylic acids is 1. The molecule has 0 radical (unpaired) electrons. The van der Waals surface area contributed by atoms with Crippen LogP contribution in [-0.2, 0) is 9.22 Å². The molecule has 0 rings (SSSR count). The first-order valence-electron chi connectivity index (χ1n) is 9.65. The standard InChI is InChI=1S/C19H40O2Si/c1-5-8-10-12-15-17(14-7-3)19(4,18(20)21-22)16-13-11-9-6-2/h17H,5-16H2,1-4,22H3. The van der Waals surface area contributed by atoms with Crippen LogP contribution in [0.4, 0.5) is 0 Å². The van der Waals surface area contributed by atoms with E-state index in [0.717, 1.165) is 25.7 Å². The normalized spacial score (nSPS) is 15.5. The Kier molecular flexibility index (Phi) is 13.0. The van der Waals surface area contributed by atoms with Crippen LogP contribution < -0.4 is 0 Å². The lowest BCUT2D eigenvalue weighted by Crippen LogP contribution is -2.37. The quantitative estimate of drug-likeness (QED) is 0.325. The summed E-state index contributed by atoms with van der Waals surface area (Å²) in [5, 5.41) is 0. The minimum absolute atomic E-state index is 0.0737. The lowest BCUT2D eigenvalue weighted by molar-refractivity contribution is -0.149. The summed E-state index contributed by atoms with van der Waals surface area (Å²) in [6.45, 7) is 8.90. The number of hydrogen-bond acceptors (Lipinski definition) is 2. The Morgan fingerprint density at radius 3 is 2.00 bits per heavy atom. The van der Waals surface area contributed by atoms with Gasteiger partial charge in [0.2, 0.25) is 10.5 Å². The molecule has 0 heterocycles. The van der Waals surface area contributed by atoms with Crippen molar-refractivity contribution in [3.63, 3.8) is 0 Å². The molecular weight excluding hydrogens is 288 g/mol. The molecule has 22 heavy (non-hydrogen) atoms. The van der Waals surface area contributed by atoms with Gasteiger partial charge in [-0.3, -0.25) is 4.79 Å². The third-order valence-electron chi connectivity index (χ3n) is 5.15. The minimum Gasteiger partial charge on any atom is -0.528 e. The van der Waals surface area contributed by atoms with Gasteiger partial charge in [0.15, 0.2) is 0 Å². The van der Waals surface area contributed by atoms with E-state index in [0.29, 0.717) is 16.4 Å². The number of carbonyl (C=O) groups is 1. The van der Waals surface area contributed by atoms with Crippen LogP contribution >= 0.6 is 0 Å². The molecule has 0 amide bonds. The molecule has 0 bridgehead atoms. The summed E-state index contributed by atoms with van der Waals surface area (Å²) in [6, 6.07) is 0. The molecule has 3 heteroatoms. The van der Waals surface area contributed by atoms with Crippen molar-refractivity contribution in [3.8, 4) is 0 Å². The van der Waals surface area contributed by atoms with E-state index in [2.05, 4.69) is 27.7 Å². The van der Waals surface area contributed by atoms with Crippen LogP contribution in [0.15, 0.2) is 0 Å². The summed E-state index contributed by atoms with van der Waals surface area (Å²) in [7, 11) is 0.520. The Morgan fingerprint density at radius 2 is 1.50 bits per heavy atom. The van der Waals surface area contributed by atoms with Gasteiger partial charge in [-0.2, -0.15) is 0 Å². The van der Waals surface area contributed by atoms with Gasteiger partial charge in [0.1, 0.15) is 0 Å². The summed E-state index contributed by atoms with van der Waals surface area (Å²) >= 11 is 0. The fraction of sp³-hybridized carbons (Fsp3) is 0.947. The van der Waals surface area contributed by atoms with E-state index in [1.807, 2.05) is 0 Å². The molecule has 2 unspecified atom stereocenters. The zero-order valence-electron chi connectivity index (χ0n) is 15.9. The van der Waals surface area contributed by atoms with E-state index >= 15 is 0 Å². The van der Waals surface area contributed by atoms with Crippen molar-refractivity contribution in [2.24, 2.45) is 11.3 Å². The Bertz CT molecular complexity index is 281. The van der Waals surface area contributed by atoms with E-state index in [4.69, 9.17) is 4.43 Å². The van der Waals surface area contributed by atoms with Crippen LogP contribution in [0.2, 0.25) is 0 Å². The number of unbranched alkanes of at least 4 members (excludes halogenated alkanes) is 6. The van der Waals surface area contributed by atoms with E-state index in [1.54, 1.807) is 0 Å². The first-order chi connectivity index (χ1) is 10.6. The van der Waals surface area contributed by atoms with Gasteiger partial charge in [-0.05, 0) is 32.1 Å². The van der Waals surface area contributed by atoms with E-state index in [1.165, 1.54) is 51.4 Å². The van der Waals surface area contributed by atoms with Gasteiger partial charge < -0.3 is 4.43 Å². The Morgan fingerprint density at radius 1 is 0.909 bits per heavy atom. The minimum atomic E-state index is -0.252. The highest BCUT2D eigenvalue weighted by Crippen LogP contribution is 2.40. The molecule has 0 aromatic heterocycles. The van der Waals surface area contributed by atoms with E-state index in [-0.39, 0.29) is 11.4 Å². The van der Waals surface area contributed by atoms with Gasteiger partial charge in [0, 0.05) is 0 Å². The first-order valence-corrected chi connectivity index (χ1v) is 10.5. The molecule has 0 aliphatic carbocycles. The summed E-state index contributed by atoms with van der Waals surface area (Å²) in [6.07, 6.45) is 14.6. The van der Waals surface area contributed by atoms with Crippen LogP contribution in [0.25, 0.3) is 0 Å². The highest BCUT2D eigenvalue weighted by atomic mass is 28.2. The molecule has 2 nitrogen and oxygen atoms in total. The summed E-state index contributed by atoms with van der Waals surface area (Å²) < 4.78 is 5.33. The zero-order valence-corrected chi connectivity index (χ0v) is 17.9. The molecule has 0 saturated heterocycles. The Labute approximate surface area is 142 Å². The smallest absolute Gasteiger partial charge is 0.298 e. The van der Waals surface area contributed by atoms with Crippen LogP contribution in [0.5, 0.6) is 0 Å². The van der Waals surface area contributed by atoms with Crippen molar-refractivity contribution < 1.29 is 9.22 Å². The highest BCUT2D eigenvalue weighted by molar-refractivity contribution is 6.06. The zero-order chi connectivity index (χ0) is 16.8. The maximum Gasteiger partial charge on any atom is 0.298 e. The molecular formula is C19H40O2Si. The average molecular weight is 329 g/mol. The molecule has 0 aliphatic rings. The molecule has 0 aliphatic heterocycles. The van der Waals surface area contributed by atoms with Crippen LogP contribution in [0.3, 0.4) is 0 Å². The average Bonchev–Trinajstić information content (AvgIpc) is 2.53. The predicted octanol–water partition coefficient (Wildman–Crippen LogP) is 5.17. The second kappa shape index (κ2) is 13.2. The molecule has 0 aromatic carbocycles. The number of rotatable bonds is 14.